The molecule has 274 valence electrons. The van der Waals surface area contributed by atoms with Gasteiger partial charge in [-0.1, -0.05) is 12.7 Å². The molecule has 0 fully saturated rings. The van der Waals surface area contributed by atoms with E-state index in [2.05, 4.69) is 6.58 Å². The van der Waals surface area contributed by atoms with E-state index >= 15 is 0 Å². The lowest BCUT2D eigenvalue weighted by Gasteiger charge is -2.44. The van der Waals surface area contributed by atoms with Crippen molar-refractivity contribution < 1.29 is 123 Å². The summed E-state index contributed by atoms with van der Waals surface area (Å²) in [5.74, 6) is -87.1. The Morgan fingerprint density at radius 2 is 0.681 bits per heavy atom. The normalized spacial score (nSPS) is 15.7. The highest BCUT2D eigenvalue weighted by Crippen LogP contribution is 2.66. The number of alkyl halides is 23. The van der Waals surface area contributed by atoms with Crippen molar-refractivity contribution in [3.05, 3.63) is 41.0 Å². The third-order valence-corrected chi connectivity index (χ3v) is 5.55. The van der Waals surface area contributed by atoms with Gasteiger partial charge in [0, 0.05) is 0 Å². The molecule has 0 amide bonds. The molecule has 47 heavy (non-hydrogen) atoms. The number of rotatable bonds is 11. The lowest BCUT2D eigenvalue weighted by atomic mass is 9.86. The summed E-state index contributed by atoms with van der Waals surface area (Å²) in [5, 5.41) is 0. The number of halogens is 27. The number of hydrogen-bond acceptors (Lipinski definition) is 1. The average molecular weight is 760 g/mol. The molecule has 1 aromatic carbocycles. The fourth-order valence-electron chi connectivity index (χ4n) is 2.95. The molecule has 0 heterocycles. The van der Waals surface area contributed by atoms with E-state index in [-0.39, 0.29) is 6.08 Å². The fraction of sp³-hybridized carbons (Fsp3) is 0.579. The summed E-state index contributed by atoms with van der Waals surface area (Å²) in [7, 11) is 0. The van der Waals surface area contributed by atoms with Gasteiger partial charge in [-0.3, -0.25) is 4.74 Å². The minimum absolute atomic E-state index is 0.349. The zero-order valence-electron chi connectivity index (χ0n) is 20.4. The van der Waals surface area contributed by atoms with Crippen molar-refractivity contribution in [2.24, 2.45) is 0 Å². The van der Waals surface area contributed by atoms with E-state index in [0.29, 0.717) is 0 Å². The first-order chi connectivity index (χ1) is 20.2. The van der Waals surface area contributed by atoms with Crippen molar-refractivity contribution in [2.45, 2.75) is 65.8 Å². The average Bonchev–Trinajstić information content (AvgIpc) is 2.85. The quantitative estimate of drug-likeness (QED) is 0.161. The molecule has 0 unspecified atom stereocenters. The summed E-state index contributed by atoms with van der Waals surface area (Å²) in [6.07, 6.45) is -25.5. The van der Waals surface area contributed by atoms with E-state index in [1.165, 1.54) is 0 Å². The van der Waals surface area contributed by atoms with Gasteiger partial charge in [-0.2, -0.15) is 101 Å². The number of ether oxygens (including phenoxy) is 1. The van der Waals surface area contributed by atoms with Crippen molar-refractivity contribution in [1.82, 2.24) is 0 Å². The van der Waals surface area contributed by atoms with Crippen LogP contribution in [0.15, 0.2) is 6.58 Å². The molecule has 1 rings (SSSR count). The molecule has 28 heteroatoms. The zero-order chi connectivity index (χ0) is 38.4. The molecule has 0 spiro atoms. The Hall–Kier alpha value is -2.97. The van der Waals surface area contributed by atoms with Gasteiger partial charge < -0.3 is 0 Å². The predicted molar refractivity (Wildman–Crippen MR) is 91.9 cm³/mol. The van der Waals surface area contributed by atoms with Crippen molar-refractivity contribution in [2.75, 3.05) is 0 Å². The van der Waals surface area contributed by atoms with Gasteiger partial charge in [0.2, 0.25) is 0 Å². The molecule has 0 saturated heterocycles. The summed E-state index contributed by atoms with van der Waals surface area (Å²) >= 11 is 0. The van der Waals surface area contributed by atoms with Gasteiger partial charge in [0.25, 0.3) is 0 Å². The van der Waals surface area contributed by atoms with Gasteiger partial charge >= 0.3 is 65.8 Å². The minimum Gasteiger partial charge on any atom is -0.262 e. The Balaban J connectivity index is 4.00. The van der Waals surface area contributed by atoms with Crippen LogP contribution >= 0.6 is 0 Å². The van der Waals surface area contributed by atoms with E-state index < -0.39 is 100 Å². The molecule has 1 nitrogen and oxygen atoms in total. The van der Waals surface area contributed by atoms with E-state index in [9.17, 15) is 119 Å². The molecule has 0 aliphatic carbocycles. The van der Waals surface area contributed by atoms with Gasteiger partial charge in [0.15, 0.2) is 23.3 Å². The molecule has 0 aliphatic rings. The summed E-state index contributed by atoms with van der Waals surface area (Å²) in [6.45, 7) is 2.40. The first-order valence-corrected chi connectivity index (χ1v) is 10.2. The maximum atomic E-state index is 14.2. The molecule has 0 atom stereocenters. The van der Waals surface area contributed by atoms with Crippen LogP contribution in [0.25, 0.3) is 6.08 Å². The Labute approximate surface area is 237 Å². The third-order valence-electron chi connectivity index (χ3n) is 5.55. The van der Waals surface area contributed by atoms with Crippen LogP contribution in [-0.2, 0) is 10.7 Å². The van der Waals surface area contributed by atoms with Gasteiger partial charge in [0.05, 0.1) is 5.56 Å². The predicted octanol–water partition coefficient (Wildman–Crippen LogP) is 10.2. The van der Waals surface area contributed by atoms with E-state index in [1.807, 2.05) is 0 Å². The van der Waals surface area contributed by atoms with Crippen LogP contribution in [0.1, 0.15) is 11.1 Å². The largest absolute Gasteiger partial charge is 0.458 e. The van der Waals surface area contributed by atoms with Crippen LogP contribution in [0, 0.1) is 23.3 Å². The zero-order valence-corrected chi connectivity index (χ0v) is 20.4. The maximum Gasteiger partial charge on any atom is 0.458 e. The second-order valence-electron chi connectivity index (χ2n) is 8.48. The Morgan fingerprint density at radius 1 is 0.404 bits per heavy atom. The first kappa shape index (κ1) is 42.1. The van der Waals surface area contributed by atoms with Crippen LogP contribution in [0.4, 0.5) is 119 Å². The second kappa shape index (κ2) is 11.0. The Bertz CT molecular complexity index is 1320. The highest BCUT2D eigenvalue weighted by atomic mass is 19.4. The first-order valence-electron chi connectivity index (χ1n) is 10.2. The summed E-state index contributed by atoms with van der Waals surface area (Å²) < 4.78 is 365. The van der Waals surface area contributed by atoms with Crippen molar-refractivity contribution in [3.8, 4) is 0 Å². The molecule has 0 aliphatic heterocycles. The van der Waals surface area contributed by atoms with Gasteiger partial charge in [-0.25, -0.2) is 17.6 Å². The topological polar surface area (TPSA) is 9.23 Å². The molecule has 1 aromatic rings. The SMILES string of the molecule is C=Cc1c(F)c(F)c(C(F)(F)C(F)(F)C(F)(F)C(F)(F)C(F)(F)C(F)(F)C(F)(F)C(F)(F)OC(F)(C(F)(F)F)C(F)(F)F)c(F)c1F. The van der Waals surface area contributed by atoms with Crippen molar-refractivity contribution in [3.63, 3.8) is 0 Å². The number of hydrogen-bond donors (Lipinski definition) is 0. The van der Waals surface area contributed by atoms with E-state index in [4.69, 9.17) is 0 Å². The van der Waals surface area contributed by atoms with Crippen LogP contribution in [0.2, 0.25) is 0 Å². The smallest absolute Gasteiger partial charge is 0.262 e. The lowest BCUT2D eigenvalue weighted by molar-refractivity contribution is -0.528. The minimum atomic E-state index is -9.57. The van der Waals surface area contributed by atoms with Crippen LogP contribution in [0.5, 0.6) is 0 Å². The molecular formula is C19H3F27O. The molecular weight excluding hydrogens is 757 g/mol. The standard InChI is InChI=1S/C19H3F27O/c1-2-3-5(20)7(22)4(8(23)6(3)21)9(24,25)10(26,27)11(28,29)12(30,31)13(32,33)14(34,35)15(36,37)19(45,46)47-16(38,17(39,40)41)18(42,43)44/h2H,1H2. The van der Waals surface area contributed by atoms with Crippen LogP contribution in [0.3, 0.4) is 0 Å². The van der Waals surface area contributed by atoms with Crippen molar-refractivity contribution in [1.29, 1.82) is 0 Å². The number of benzene rings is 1. The highest BCUT2D eigenvalue weighted by molar-refractivity contribution is 5.51. The van der Waals surface area contributed by atoms with Crippen LogP contribution in [-0.4, -0.2) is 59.9 Å². The molecule has 0 saturated carbocycles. The van der Waals surface area contributed by atoms with Crippen LogP contribution < -0.4 is 0 Å². The fourth-order valence-corrected chi connectivity index (χ4v) is 2.95. The molecule has 0 radical (unpaired) electrons. The summed E-state index contributed by atoms with van der Waals surface area (Å²) in [4.78, 5) is 0. The third kappa shape index (κ3) is 5.38. The van der Waals surface area contributed by atoms with Gasteiger partial charge in [0.1, 0.15) is 5.56 Å². The second-order valence-corrected chi connectivity index (χ2v) is 8.48. The molecule has 0 aromatic heterocycles. The van der Waals surface area contributed by atoms with E-state index in [1.54, 1.807) is 0 Å². The Morgan fingerprint density at radius 3 is 0.957 bits per heavy atom. The summed E-state index contributed by atoms with van der Waals surface area (Å²) in [6, 6.07) is 0. The van der Waals surface area contributed by atoms with E-state index in [0.717, 1.165) is 4.74 Å². The molecule has 0 bridgehead atoms. The molecule has 0 N–H and O–H groups in total. The van der Waals surface area contributed by atoms with Gasteiger partial charge in [-0.15, -0.1) is 0 Å². The summed E-state index contributed by atoms with van der Waals surface area (Å²) in [5.41, 5.74) is -6.68. The maximum absolute atomic E-state index is 14.2. The highest BCUT2D eigenvalue weighted by Gasteiger charge is 2.96. The Kier molecular flexibility index (Phi) is 9.87. The lowest BCUT2D eigenvalue weighted by Crippen LogP contribution is -2.75. The van der Waals surface area contributed by atoms with Crippen molar-refractivity contribution >= 4 is 6.08 Å². The monoisotopic (exact) mass is 760 g/mol. The van der Waals surface area contributed by atoms with Gasteiger partial charge in [-0.05, 0) is 0 Å².